The molecule has 23 heavy (non-hydrogen) atoms. The molecule has 136 valence electrons. The van der Waals surface area contributed by atoms with Gasteiger partial charge < -0.3 is 16.0 Å². The maximum atomic E-state index is 11.8. The first-order valence-electron chi connectivity index (χ1n) is 8.63. The minimum absolute atomic E-state index is 0. The molecule has 0 atom stereocenters. The van der Waals surface area contributed by atoms with Crippen molar-refractivity contribution in [2.45, 2.75) is 65.8 Å². The number of amides is 1. The lowest BCUT2D eigenvalue weighted by Gasteiger charge is -2.26. The lowest BCUT2D eigenvalue weighted by Crippen LogP contribution is -2.44. The van der Waals surface area contributed by atoms with Crippen LogP contribution in [0.4, 0.5) is 0 Å². The molecule has 1 aliphatic rings. The lowest BCUT2D eigenvalue weighted by atomic mass is 9.83. The van der Waals surface area contributed by atoms with Crippen molar-refractivity contribution >= 4 is 35.8 Å². The number of rotatable bonds is 5. The van der Waals surface area contributed by atoms with Gasteiger partial charge in [0.15, 0.2) is 5.96 Å². The molecule has 0 aromatic rings. The summed E-state index contributed by atoms with van der Waals surface area (Å²) in [5.41, 5.74) is -0.211. The maximum Gasteiger partial charge on any atom is 0.242 e. The van der Waals surface area contributed by atoms with E-state index in [2.05, 4.69) is 27.9 Å². The number of carbonyl (C=O) groups is 1. The Labute approximate surface area is 158 Å². The van der Waals surface area contributed by atoms with Gasteiger partial charge in [0.1, 0.15) is 6.54 Å². The molecular weight excluding hydrogens is 403 g/mol. The number of hydrogen-bond donors (Lipinski definition) is 3. The van der Waals surface area contributed by atoms with Gasteiger partial charge in [-0.05, 0) is 52.4 Å². The van der Waals surface area contributed by atoms with Crippen LogP contribution < -0.4 is 16.0 Å². The summed E-state index contributed by atoms with van der Waals surface area (Å²) in [4.78, 5) is 16.2. The summed E-state index contributed by atoms with van der Waals surface area (Å²) in [6, 6.07) is 0. The summed E-state index contributed by atoms with van der Waals surface area (Å²) in [6.45, 7) is 12.2. The average molecular weight is 438 g/mol. The Morgan fingerprint density at radius 2 is 1.74 bits per heavy atom. The molecule has 0 aromatic carbocycles. The number of hydrogen-bond acceptors (Lipinski definition) is 2. The van der Waals surface area contributed by atoms with Gasteiger partial charge in [0, 0.05) is 18.6 Å². The highest BCUT2D eigenvalue weighted by atomic mass is 127. The van der Waals surface area contributed by atoms with Gasteiger partial charge in [0.2, 0.25) is 5.91 Å². The van der Waals surface area contributed by atoms with Crippen molar-refractivity contribution < 1.29 is 4.79 Å². The second-order valence-corrected chi connectivity index (χ2v) is 7.50. The van der Waals surface area contributed by atoms with Gasteiger partial charge in [-0.2, -0.15) is 0 Å². The molecule has 6 heteroatoms. The topological polar surface area (TPSA) is 65.5 Å². The number of nitrogens with one attached hydrogen (secondary N) is 3. The van der Waals surface area contributed by atoms with Crippen LogP contribution in [0.25, 0.3) is 0 Å². The minimum Gasteiger partial charge on any atom is -0.357 e. The first-order valence-corrected chi connectivity index (χ1v) is 8.63. The van der Waals surface area contributed by atoms with Gasteiger partial charge in [0.25, 0.3) is 0 Å². The van der Waals surface area contributed by atoms with E-state index >= 15 is 0 Å². The van der Waals surface area contributed by atoms with Crippen LogP contribution in [0.5, 0.6) is 0 Å². The van der Waals surface area contributed by atoms with E-state index in [-0.39, 0.29) is 42.0 Å². The van der Waals surface area contributed by atoms with Crippen LogP contribution in [0.15, 0.2) is 4.99 Å². The summed E-state index contributed by atoms with van der Waals surface area (Å²) >= 11 is 0. The highest BCUT2D eigenvalue weighted by molar-refractivity contribution is 14.0. The highest BCUT2D eigenvalue weighted by Gasteiger charge is 2.18. The SMILES string of the molecule is CCNC(=NCC(=O)NC(C)(C)C)NCC1CCC(C)CC1.I. The van der Waals surface area contributed by atoms with E-state index in [0.29, 0.717) is 0 Å². The average Bonchev–Trinajstić information content (AvgIpc) is 2.42. The molecule has 1 fully saturated rings. The Hall–Kier alpha value is -0.530. The number of guanidine groups is 1. The van der Waals surface area contributed by atoms with Crippen molar-refractivity contribution in [3.05, 3.63) is 0 Å². The van der Waals surface area contributed by atoms with E-state index in [1.807, 2.05) is 27.7 Å². The molecule has 1 saturated carbocycles. The minimum atomic E-state index is -0.211. The quantitative estimate of drug-likeness (QED) is 0.351. The van der Waals surface area contributed by atoms with Crippen molar-refractivity contribution in [3.8, 4) is 0 Å². The first-order chi connectivity index (χ1) is 10.3. The van der Waals surface area contributed by atoms with E-state index in [0.717, 1.165) is 30.9 Å². The summed E-state index contributed by atoms with van der Waals surface area (Å²) in [5, 5.41) is 9.52. The van der Waals surface area contributed by atoms with Crippen LogP contribution in [0.3, 0.4) is 0 Å². The first kappa shape index (κ1) is 22.5. The second kappa shape index (κ2) is 11.1. The standard InChI is InChI=1S/C17H34N4O.HI/c1-6-18-16(20-12-15(22)21-17(3,4)5)19-11-14-9-7-13(2)8-10-14;/h13-14H,6-12H2,1-5H3,(H,21,22)(H2,18,19,20);1H. The van der Waals surface area contributed by atoms with Crippen molar-refractivity contribution in [2.24, 2.45) is 16.8 Å². The van der Waals surface area contributed by atoms with Crippen LogP contribution in [-0.4, -0.2) is 37.0 Å². The molecule has 1 aliphatic carbocycles. The van der Waals surface area contributed by atoms with E-state index in [1.165, 1.54) is 25.7 Å². The normalized spacial score (nSPS) is 22.0. The van der Waals surface area contributed by atoms with E-state index in [4.69, 9.17) is 0 Å². The van der Waals surface area contributed by atoms with Gasteiger partial charge in [0.05, 0.1) is 0 Å². The fourth-order valence-electron chi connectivity index (χ4n) is 2.72. The zero-order valence-corrected chi connectivity index (χ0v) is 17.7. The molecule has 0 unspecified atom stereocenters. The number of nitrogens with zero attached hydrogens (tertiary/aromatic N) is 1. The number of halogens is 1. The predicted molar refractivity (Wildman–Crippen MR) is 108 cm³/mol. The van der Waals surface area contributed by atoms with Crippen molar-refractivity contribution in [2.75, 3.05) is 19.6 Å². The van der Waals surface area contributed by atoms with Crippen molar-refractivity contribution in [1.82, 2.24) is 16.0 Å². The van der Waals surface area contributed by atoms with E-state index in [9.17, 15) is 4.79 Å². The Morgan fingerprint density at radius 1 is 1.13 bits per heavy atom. The molecule has 5 nitrogen and oxygen atoms in total. The Kier molecular flexibility index (Phi) is 10.8. The van der Waals surface area contributed by atoms with Crippen LogP contribution in [-0.2, 0) is 4.79 Å². The molecule has 0 saturated heterocycles. The maximum absolute atomic E-state index is 11.8. The fraction of sp³-hybridized carbons (Fsp3) is 0.882. The van der Waals surface area contributed by atoms with Gasteiger partial charge in [-0.3, -0.25) is 4.79 Å². The van der Waals surface area contributed by atoms with Gasteiger partial charge in [-0.25, -0.2) is 4.99 Å². The second-order valence-electron chi connectivity index (χ2n) is 7.50. The van der Waals surface area contributed by atoms with Crippen LogP contribution in [0, 0.1) is 11.8 Å². The van der Waals surface area contributed by atoms with Gasteiger partial charge in [-0.1, -0.05) is 19.8 Å². The molecule has 0 aliphatic heterocycles. The zero-order chi connectivity index (χ0) is 16.6. The monoisotopic (exact) mass is 438 g/mol. The zero-order valence-electron chi connectivity index (χ0n) is 15.4. The third-order valence-electron chi connectivity index (χ3n) is 3.93. The Balaban J connectivity index is 0.00000484. The summed E-state index contributed by atoms with van der Waals surface area (Å²) in [5.74, 6) is 2.30. The smallest absolute Gasteiger partial charge is 0.242 e. The lowest BCUT2D eigenvalue weighted by molar-refractivity contribution is -0.121. The third kappa shape index (κ3) is 10.8. The Morgan fingerprint density at radius 3 is 2.26 bits per heavy atom. The molecular formula is C17H35IN4O. The summed E-state index contributed by atoms with van der Waals surface area (Å²) in [6.07, 6.45) is 5.23. The third-order valence-corrected chi connectivity index (χ3v) is 3.93. The highest BCUT2D eigenvalue weighted by Crippen LogP contribution is 2.27. The molecule has 0 spiro atoms. The van der Waals surface area contributed by atoms with Crippen molar-refractivity contribution in [3.63, 3.8) is 0 Å². The van der Waals surface area contributed by atoms with Crippen LogP contribution in [0.2, 0.25) is 0 Å². The molecule has 3 N–H and O–H groups in total. The van der Waals surface area contributed by atoms with Crippen molar-refractivity contribution in [1.29, 1.82) is 0 Å². The number of aliphatic imine (C=N–C) groups is 1. The van der Waals surface area contributed by atoms with E-state index < -0.39 is 0 Å². The Bertz CT molecular complexity index is 371. The fourth-order valence-corrected chi connectivity index (χ4v) is 2.72. The summed E-state index contributed by atoms with van der Waals surface area (Å²) < 4.78 is 0. The molecule has 0 aromatic heterocycles. The number of carbonyl (C=O) groups excluding carboxylic acids is 1. The van der Waals surface area contributed by atoms with E-state index in [1.54, 1.807) is 0 Å². The molecule has 0 bridgehead atoms. The van der Waals surface area contributed by atoms with Gasteiger partial charge >= 0.3 is 0 Å². The largest absolute Gasteiger partial charge is 0.357 e. The predicted octanol–water partition coefficient (Wildman–Crippen LogP) is 2.90. The molecule has 0 radical (unpaired) electrons. The van der Waals surface area contributed by atoms with Gasteiger partial charge in [-0.15, -0.1) is 24.0 Å². The van der Waals surface area contributed by atoms with Crippen LogP contribution in [0.1, 0.15) is 60.3 Å². The molecule has 0 heterocycles. The molecule has 1 rings (SSSR count). The molecule has 1 amide bonds. The van der Waals surface area contributed by atoms with Crippen LogP contribution >= 0.6 is 24.0 Å². The summed E-state index contributed by atoms with van der Waals surface area (Å²) in [7, 11) is 0.